The smallest absolute Gasteiger partial charge is 0.155 e. The van der Waals surface area contributed by atoms with Gasteiger partial charge in [-0.1, -0.05) is 5.57 Å². The molecule has 2 unspecified atom stereocenters. The Bertz CT molecular complexity index is 253. The summed E-state index contributed by atoms with van der Waals surface area (Å²) in [4.78, 5) is 11.3. The van der Waals surface area contributed by atoms with Crippen LogP contribution in [0.4, 0.5) is 0 Å². The first-order chi connectivity index (χ1) is 6.81. The zero-order chi connectivity index (χ0) is 9.97. The molecule has 14 heavy (non-hydrogen) atoms. The number of ketones is 1. The van der Waals surface area contributed by atoms with Crippen molar-refractivity contribution in [1.29, 1.82) is 0 Å². The number of allylic oxidation sites excluding steroid dienone is 2. The Morgan fingerprint density at radius 2 is 2.21 bits per heavy atom. The molecule has 2 heteroatoms. The van der Waals surface area contributed by atoms with Crippen LogP contribution in [-0.4, -0.2) is 17.5 Å². The van der Waals surface area contributed by atoms with Gasteiger partial charge in [-0.3, -0.25) is 4.79 Å². The third-order valence-electron chi connectivity index (χ3n) is 3.63. The zero-order valence-corrected chi connectivity index (χ0v) is 8.54. The average Bonchev–Trinajstić information content (AvgIpc) is 2.18. The topological polar surface area (TPSA) is 37.3 Å². The molecule has 0 heterocycles. The van der Waals surface area contributed by atoms with Crippen molar-refractivity contribution in [1.82, 2.24) is 0 Å². The summed E-state index contributed by atoms with van der Waals surface area (Å²) in [5.41, 5.74) is 1.37. The lowest BCUT2D eigenvalue weighted by molar-refractivity contribution is -0.115. The van der Waals surface area contributed by atoms with E-state index in [0.717, 1.165) is 25.7 Å². The van der Waals surface area contributed by atoms with E-state index < -0.39 is 0 Å². The van der Waals surface area contributed by atoms with Crippen LogP contribution in [0.25, 0.3) is 0 Å². The highest BCUT2D eigenvalue weighted by molar-refractivity contribution is 5.91. The maximum Gasteiger partial charge on any atom is 0.155 e. The van der Waals surface area contributed by atoms with Gasteiger partial charge < -0.3 is 5.11 Å². The van der Waals surface area contributed by atoms with Crippen LogP contribution in [0.2, 0.25) is 0 Å². The normalized spacial score (nSPS) is 32.4. The van der Waals surface area contributed by atoms with Gasteiger partial charge in [0.1, 0.15) is 0 Å². The molecule has 1 saturated carbocycles. The van der Waals surface area contributed by atoms with E-state index in [1.807, 2.05) is 6.08 Å². The van der Waals surface area contributed by atoms with E-state index >= 15 is 0 Å². The van der Waals surface area contributed by atoms with E-state index in [1.54, 1.807) is 0 Å². The van der Waals surface area contributed by atoms with Gasteiger partial charge in [0.25, 0.3) is 0 Å². The summed E-state index contributed by atoms with van der Waals surface area (Å²) >= 11 is 0. The molecular weight excluding hydrogens is 176 g/mol. The number of hydrogen-bond donors (Lipinski definition) is 1. The number of aliphatic hydroxyl groups excluding tert-OH is 1. The van der Waals surface area contributed by atoms with Crippen LogP contribution in [0.5, 0.6) is 0 Å². The van der Waals surface area contributed by atoms with Gasteiger partial charge >= 0.3 is 0 Å². The fraction of sp³-hybridized carbons (Fsp3) is 0.750. The SMILES string of the molecule is O=C1C=C2CCCC(CCO)C2CC1. The minimum Gasteiger partial charge on any atom is -0.396 e. The quantitative estimate of drug-likeness (QED) is 0.730. The number of carbonyl (C=O) groups is 1. The summed E-state index contributed by atoms with van der Waals surface area (Å²) in [6.45, 7) is 0.294. The summed E-state index contributed by atoms with van der Waals surface area (Å²) < 4.78 is 0. The highest BCUT2D eigenvalue weighted by Crippen LogP contribution is 2.41. The Morgan fingerprint density at radius 1 is 1.36 bits per heavy atom. The summed E-state index contributed by atoms with van der Waals surface area (Å²) in [6.07, 6.45) is 8.06. The standard InChI is InChI=1S/C12H18O2/c13-7-6-9-2-1-3-10-8-11(14)4-5-12(9)10/h8-9,12-13H,1-7H2. The van der Waals surface area contributed by atoms with Crippen molar-refractivity contribution in [3.63, 3.8) is 0 Å². The Morgan fingerprint density at radius 3 is 3.00 bits per heavy atom. The lowest BCUT2D eigenvalue weighted by Gasteiger charge is -2.35. The number of hydrogen-bond acceptors (Lipinski definition) is 2. The first-order valence-corrected chi connectivity index (χ1v) is 5.65. The molecule has 2 nitrogen and oxygen atoms in total. The monoisotopic (exact) mass is 194 g/mol. The third-order valence-corrected chi connectivity index (χ3v) is 3.63. The minimum absolute atomic E-state index is 0.294. The molecule has 2 rings (SSSR count). The van der Waals surface area contributed by atoms with Gasteiger partial charge in [0.2, 0.25) is 0 Å². The van der Waals surface area contributed by atoms with E-state index in [9.17, 15) is 4.79 Å². The average molecular weight is 194 g/mol. The Kier molecular flexibility index (Phi) is 3.02. The molecule has 2 aliphatic rings. The molecule has 0 amide bonds. The summed E-state index contributed by atoms with van der Waals surface area (Å²) in [5, 5.41) is 8.97. The molecule has 2 aliphatic carbocycles. The van der Waals surface area contributed by atoms with Crippen LogP contribution < -0.4 is 0 Å². The number of fused-ring (bicyclic) bond motifs is 1. The molecule has 0 radical (unpaired) electrons. The molecule has 1 N–H and O–H groups in total. The van der Waals surface area contributed by atoms with E-state index in [4.69, 9.17) is 5.11 Å². The predicted octanol–water partition coefficient (Wildman–Crippen LogP) is 2.07. The molecular formula is C12H18O2. The van der Waals surface area contributed by atoms with Crippen molar-refractivity contribution in [2.75, 3.05) is 6.61 Å². The maximum atomic E-state index is 11.3. The lowest BCUT2D eigenvalue weighted by Crippen LogP contribution is -2.26. The van der Waals surface area contributed by atoms with Crippen LogP contribution >= 0.6 is 0 Å². The van der Waals surface area contributed by atoms with Crippen LogP contribution in [-0.2, 0) is 4.79 Å². The van der Waals surface area contributed by atoms with E-state index in [-0.39, 0.29) is 0 Å². The minimum atomic E-state index is 0.294. The van der Waals surface area contributed by atoms with E-state index in [0.29, 0.717) is 24.2 Å². The van der Waals surface area contributed by atoms with Crippen molar-refractivity contribution in [3.05, 3.63) is 11.6 Å². The number of carbonyl (C=O) groups excluding carboxylic acids is 1. The summed E-state index contributed by atoms with van der Waals surface area (Å²) in [6, 6.07) is 0. The van der Waals surface area contributed by atoms with Gasteiger partial charge in [0.15, 0.2) is 5.78 Å². The maximum absolute atomic E-state index is 11.3. The van der Waals surface area contributed by atoms with Crippen LogP contribution in [0.15, 0.2) is 11.6 Å². The summed E-state index contributed by atoms with van der Waals surface area (Å²) in [5.74, 6) is 1.54. The van der Waals surface area contributed by atoms with Gasteiger partial charge in [-0.05, 0) is 50.0 Å². The summed E-state index contributed by atoms with van der Waals surface area (Å²) in [7, 11) is 0. The van der Waals surface area contributed by atoms with Crippen LogP contribution in [0, 0.1) is 11.8 Å². The Labute approximate surface area is 85.0 Å². The predicted molar refractivity (Wildman–Crippen MR) is 54.9 cm³/mol. The van der Waals surface area contributed by atoms with Gasteiger partial charge in [-0.2, -0.15) is 0 Å². The molecule has 0 spiro atoms. The van der Waals surface area contributed by atoms with Gasteiger partial charge in [0, 0.05) is 13.0 Å². The Hall–Kier alpha value is -0.630. The fourth-order valence-electron chi connectivity index (χ4n) is 2.95. The van der Waals surface area contributed by atoms with Gasteiger partial charge in [0.05, 0.1) is 0 Å². The zero-order valence-electron chi connectivity index (χ0n) is 8.54. The van der Waals surface area contributed by atoms with Crippen molar-refractivity contribution < 1.29 is 9.90 Å². The highest BCUT2D eigenvalue weighted by atomic mass is 16.3. The molecule has 0 aromatic carbocycles. The van der Waals surface area contributed by atoms with Gasteiger partial charge in [-0.25, -0.2) is 0 Å². The van der Waals surface area contributed by atoms with Crippen molar-refractivity contribution in [2.45, 2.75) is 38.5 Å². The third kappa shape index (κ3) is 1.90. The molecule has 0 bridgehead atoms. The van der Waals surface area contributed by atoms with Crippen LogP contribution in [0.1, 0.15) is 38.5 Å². The second kappa shape index (κ2) is 4.26. The first-order valence-electron chi connectivity index (χ1n) is 5.65. The highest BCUT2D eigenvalue weighted by Gasteiger charge is 2.31. The molecule has 1 fully saturated rings. The van der Waals surface area contributed by atoms with Gasteiger partial charge in [-0.15, -0.1) is 0 Å². The van der Waals surface area contributed by atoms with E-state index in [2.05, 4.69) is 0 Å². The molecule has 0 aromatic heterocycles. The first kappa shape index (κ1) is 9.91. The molecule has 2 atom stereocenters. The second-order valence-corrected chi connectivity index (χ2v) is 4.50. The number of aliphatic hydroxyl groups is 1. The Balaban J connectivity index is 2.10. The van der Waals surface area contributed by atoms with Crippen molar-refractivity contribution >= 4 is 5.78 Å². The molecule has 0 saturated heterocycles. The second-order valence-electron chi connectivity index (χ2n) is 4.50. The van der Waals surface area contributed by atoms with Crippen molar-refractivity contribution in [3.8, 4) is 0 Å². The molecule has 0 aliphatic heterocycles. The lowest BCUT2D eigenvalue weighted by atomic mass is 9.70. The fourth-order valence-corrected chi connectivity index (χ4v) is 2.95. The number of rotatable bonds is 2. The molecule has 78 valence electrons. The van der Waals surface area contributed by atoms with E-state index in [1.165, 1.54) is 18.4 Å². The van der Waals surface area contributed by atoms with Crippen molar-refractivity contribution in [2.24, 2.45) is 11.8 Å². The largest absolute Gasteiger partial charge is 0.396 e. The van der Waals surface area contributed by atoms with Crippen LogP contribution in [0.3, 0.4) is 0 Å². The molecule has 0 aromatic rings.